The zero-order valence-corrected chi connectivity index (χ0v) is 10.6. The summed E-state index contributed by atoms with van der Waals surface area (Å²) in [7, 11) is 0. The van der Waals surface area contributed by atoms with Gasteiger partial charge in [0.25, 0.3) is 0 Å². The van der Waals surface area contributed by atoms with Gasteiger partial charge in [0, 0.05) is 17.3 Å². The lowest BCUT2D eigenvalue weighted by Gasteiger charge is -2.32. The first-order valence-electron chi connectivity index (χ1n) is 4.95. The van der Waals surface area contributed by atoms with Crippen LogP contribution in [-0.4, -0.2) is 46.0 Å². The van der Waals surface area contributed by atoms with E-state index in [1.165, 1.54) is 0 Å². The number of hydrogen-bond acceptors (Lipinski definition) is 4. The van der Waals surface area contributed by atoms with Gasteiger partial charge in [-0.2, -0.15) is 11.8 Å². The largest absolute Gasteiger partial charge is 0.395 e. The van der Waals surface area contributed by atoms with Crippen LogP contribution in [0.25, 0.3) is 0 Å². The monoisotopic (exact) mass is 221 g/mol. The fourth-order valence-electron chi connectivity index (χ4n) is 1.14. The Labute approximate surface area is 91.3 Å². The second-order valence-electron chi connectivity index (χ2n) is 4.29. The Balaban J connectivity index is 4.10. The highest BCUT2D eigenvalue weighted by atomic mass is 32.2. The molecule has 0 aliphatic rings. The van der Waals surface area contributed by atoms with Crippen LogP contribution in [0.4, 0.5) is 0 Å². The Morgan fingerprint density at radius 2 is 1.86 bits per heavy atom. The van der Waals surface area contributed by atoms with Crippen LogP contribution in [0.1, 0.15) is 27.7 Å². The zero-order chi connectivity index (χ0) is 11.4. The molecule has 3 unspecified atom stereocenters. The molecule has 0 amide bonds. The topological polar surface area (TPSA) is 52.5 Å². The van der Waals surface area contributed by atoms with Crippen LogP contribution in [0.5, 0.6) is 0 Å². The molecule has 0 aromatic rings. The minimum atomic E-state index is -0.729. The number of nitrogens with one attached hydrogen (secondary N) is 1. The van der Waals surface area contributed by atoms with Crippen molar-refractivity contribution in [2.45, 2.75) is 50.6 Å². The molecule has 0 spiro atoms. The normalized spacial score (nSPS) is 19.1. The lowest BCUT2D eigenvalue weighted by atomic mass is 9.99. The van der Waals surface area contributed by atoms with E-state index < -0.39 is 5.60 Å². The van der Waals surface area contributed by atoms with E-state index in [4.69, 9.17) is 5.11 Å². The average Bonchev–Trinajstić information content (AvgIpc) is 2.04. The molecule has 3 nitrogen and oxygen atoms in total. The Bertz CT molecular complexity index is 155. The van der Waals surface area contributed by atoms with Gasteiger partial charge in [0.05, 0.1) is 12.2 Å². The molecule has 0 rings (SSSR count). The summed E-state index contributed by atoms with van der Waals surface area (Å²) in [5.74, 6) is 0. The quantitative estimate of drug-likeness (QED) is 0.622. The molecule has 0 bridgehead atoms. The Morgan fingerprint density at radius 1 is 1.36 bits per heavy atom. The van der Waals surface area contributed by atoms with Crippen LogP contribution in [0, 0.1) is 0 Å². The highest BCUT2D eigenvalue weighted by Gasteiger charge is 2.25. The summed E-state index contributed by atoms with van der Waals surface area (Å²) in [4.78, 5) is 0. The SMILES string of the molecule is CSC(CO)C(C)NC(C)C(C)(C)O. The van der Waals surface area contributed by atoms with Crippen molar-refractivity contribution in [3.05, 3.63) is 0 Å². The predicted molar refractivity (Wildman–Crippen MR) is 62.7 cm³/mol. The van der Waals surface area contributed by atoms with Crippen molar-refractivity contribution in [1.29, 1.82) is 0 Å². The summed E-state index contributed by atoms with van der Waals surface area (Å²) in [6, 6.07) is 0.204. The molecule has 0 saturated carbocycles. The Morgan fingerprint density at radius 3 is 2.14 bits per heavy atom. The van der Waals surface area contributed by atoms with Gasteiger partial charge in [0.2, 0.25) is 0 Å². The van der Waals surface area contributed by atoms with Crippen molar-refractivity contribution in [2.75, 3.05) is 12.9 Å². The molecule has 4 heteroatoms. The maximum Gasteiger partial charge on any atom is 0.0741 e. The third-order valence-corrected chi connectivity index (χ3v) is 3.78. The van der Waals surface area contributed by atoms with E-state index in [0.717, 1.165) is 0 Å². The first-order chi connectivity index (χ1) is 6.32. The molecular formula is C10H23NO2S. The van der Waals surface area contributed by atoms with Crippen molar-refractivity contribution < 1.29 is 10.2 Å². The maximum atomic E-state index is 9.73. The predicted octanol–water partition coefficient (Wildman–Crippen LogP) is 0.848. The molecule has 0 fully saturated rings. The van der Waals surface area contributed by atoms with Gasteiger partial charge in [-0.1, -0.05) is 0 Å². The molecule has 0 aromatic heterocycles. The van der Waals surface area contributed by atoms with E-state index >= 15 is 0 Å². The fourth-order valence-corrected chi connectivity index (χ4v) is 1.78. The molecule has 86 valence electrons. The molecule has 0 aliphatic heterocycles. The summed E-state index contributed by atoms with van der Waals surface area (Å²) in [5.41, 5.74) is -0.729. The molecule has 3 N–H and O–H groups in total. The number of aliphatic hydroxyl groups excluding tert-OH is 1. The van der Waals surface area contributed by atoms with Crippen molar-refractivity contribution in [3.63, 3.8) is 0 Å². The highest BCUT2D eigenvalue weighted by Crippen LogP contribution is 2.14. The van der Waals surface area contributed by atoms with Crippen molar-refractivity contribution in [1.82, 2.24) is 5.32 Å². The van der Waals surface area contributed by atoms with Gasteiger partial charge in [-0.25, -0.2) is 0 Å². The van der Waals surface area contributed by atoms with Crippen LogP contribution in [0.3, 0.4) is 0 Å². The molecule has 0 heterocycles. The first kappa shape index (κ1) is 14.2. The molecule has 3 atom stereocenters. The van der Waals surface area contributed by atoms with E-state index in [1.54, 1.807) is 25.6 Å². The van der Waals surface area contributed by atoms with Crippen LogP contribution in [-0.2, 0) is 0 Å². The van der Waals surface area contributed by atoms with Gasteiger partial charge in [-0.15, -0.1) is 0 Å². The Kier molecular flexibility index (Phi) is 6.05. The average molecular weight is 221 g/mol. The standard InChI is InChI=1S/C10H23NO2S/c1-7(9(6-12)14-5)11-8(2)10(3,4)13/h7-9,11-13H,6H2,1-5H3. The summed E-state index contributed by atoms with van der Waals surface area (Å²) >= 11 is 1.64. The van der Waals surface area contributed by atoms with Gasteiger partial charge in [0.1, 0.15) is 0 Å². The van der Waals surface area contributed by atoms with Crippen LogP contribution in [0.2, 0.25) is 0 Å². The van der Waals surface area contributed by atoms with E-state index in [-0.39, 0.29) is 23.9 Å². The zero-order valence-electron chi connectivity index (χ0n) is 9.74. The van der Waals surface area contributed by atoms with Crippen LogP contribution < -0.4 is 5.32 Å². The summed E-state index contributed by atoms with van der Waals surface area (Å²) in [6.45, 7) is 7.70. The number of hydrogen-bond donors (Lipinski definition) is 3. The van der Waals surface area contributed by atoms with E-state index in [9.17, 15) is 5.11 Å². The summed E-state index contributed by atoms with van der Waals surface area (Å²) in [5, 5.41) is 22.3. The first-order valence-corrected chi connectivity index (χ1v) is 6.23. The van der Waals surface area contributed by atoms with Gasteiger partial charge < -0.3 is 15.5 Å². The number of rotatable bonds is 6. The highest BCUT2D eigenvalue weighted by molar-refractivity contribution is 7.99. The van der Waals surface area contributed by atoms with Crippen molar-refractivity contribution >= 4 is 11.8 Å². The van der Waals surface area contributed by atoms with Gasteiger partial charge >= 0.3 is 0 Å². The second-order valence-corrected chi connectivity index (χ2v) is 5.36. The van der Waals surface area contributed by atoms with E-state index in [1.807, 2.05) is 20.1 Å². The minimum absolute atomic E-state index is 0.0127. The lowest BCUT2D eigenvalue weighted by molar-refractivity contribution is 0.0397. The molecule has 0 radical (unpaired) electrons. The summed E-state index contributed by atoms with van der Waals surface area (Å²) < 4.78 is 0. The number of thioether (sulfide) groups is 1. The Hall–Kier alpha value is 0.230. The third-order valence-electron chi connectivity index (χ3n) is 2.61. The fraction of sp³-hybridized carbons (Fsp3) is 1.00. The number of aliphatic hydroxyl groups is 2. The minimum Gasteiger partial charge on any atom is -0.395 e. The van der Waals surface area contributed by atoms with Crippen LogP contribution in [0.15, 0.2) is 0 Å². The van der Waals surface area contributed by atoms with Crippen LogP contribution >= 0.6 is 11.8 Å². The molecule has 0 aromatic carbocycles. The van der Waals surface area contributed by atoms with Crippen molar-refractivity contribution in [3.8, 4) is 0 Å². The molecular weight excluding hydrogens is 198 g/mol. The molecule has 0 saturated heterocycles. The lowest BCUT2D eigenvalue weighted by Crippen LogP contribution is -2.51. The third kappa shape index (κ3) is 4.64. The smallest absolute Gasteiger partial charge is 0.0741 e. The molecule has 14 heavy (non-hydrogen) atoms. The summed E-state index contributed by atoms with van der Waals surface area (Å²) in [6.07, 6.45) is 1.98. The second kappa shape index (κ2) is 5.95. The maximum absolute atomic E-state index is 9.73. The van der Waals surface area contributed by atoms with Gasteiger partial charge in [-0.3, -0.25) is 0 Å². The van der Waals surface area contributed by atoms with Gasteiger partial charge in [0.15, 0.2) is 0 Å². The van der Waals surface area contributed by atoms with E-state index in [0.29, 0.717) is 0 Å². The van der Waals surface area contributed by atoms with E-state index in [2.05, 4.69) is 5.32 Å². The van der Waals surface area contributed by atoms with Crippen molar-refractivity contribution in [2.24, 2.45) is 0 Å². The molecule has 0 aliphatic carbocycles. The van der Waals surface area contributed by atoms with Gasteiger partial charge in [-0.05, 0) is 34.0 Å².